The van der Waals surface area contributed by atoms with E-state index in [-0.39, 0.29) is 12.4 Å². The molecule has 17 heavy (non-hydrogen) atoms. The number of phenolic OH excluding ortho intramolecular Hbond substituents is 1. The van der Waals surface area contributed by atoms with Gasteiger partial charge in [-0.3, -0.25) is 0 Å². The zero-order chi connectivity index (χ0) is 12.4. The van der Waals surface area contributed by atoms with E-state index in [0.29, 0.717) is 5.75 Å². The van der Waals surface area contributed by atoms with Crippen LogP contribution < -0.4 is 4.74 Å². The molecule has 0 unspecified atom stereocenters. The zero-order valence-electron chi connectivity index (χ0n) is 9.60. The predicted molar refractivity (Wildman–Crippen MR) is 66.4 cm³/mol. The van der Waals surface area contributed by atoms with Gasteiger partial charge in [0.2, 0.25) is 0 Å². The van der Waals surface area contributed by atoms with Gasteiger partial charge in [0.25, 0.3) is 0 Å². The second kappa shape index (κ2) is 4.73. The Labute approximate surface area is 103 Å². The predicted octanol–water partition coefficient (Wildman–Crippen LogP) is 2.33. The number of aliphatic hydroxyl groups excluding tert-OH is 1. The Balaban J connectivity index is 2.45. The lowest BCUT2D eigenvalue weighted by Crippen LogP contribution is -1.85. The van der Waals surface area contributed by atoms with E-state index in [1.165, 1.54) is 18.4 Å². The fourth-order valence-corrected chi connectivity index (χ4v) is 2.43. The van der Waals surface area contributed by atoms with Crippen molar-refractivity contribution in [2.75, 3.05) is 7.11 Å². The molecule has 0 saturated heterocycles. The molecule has 0 spiro atoms. The molecule has 2 aromatic rings. The van der Waals surface area contributed by atoms with E-state index in [0.717, 1.165) is 21.1 Å². The molecule has 0 aliphatic carbocycles. The van der Waals surface area contributed by atoms with Gasteiger partial charge in [-0.2, -0.15) is 0 Å². The minimum Gasteiger partial charge on any atom is -0.504 e. The highest BCUT2D eigenvalue weighted by Gasteiger charge is 2.10. The first-order valence-corrected chi connectivity index (χ1v) is 5.92. The monoisotopic (exact) mass is 251 g/mol. The summed E-state index contributed by atoms with van der Waals surface area (Å²) in [5, 5.41) is 19.4. The maximum atomic E-state index is 9.51. The molecule has 1 aromatic carbocycles. The lowest BCUT2D eigenvalue weighted by atomic mass is 10.2. The molecule has 90 valence electrons. The first-order chi connectivity index (χ1) is 8.15. The van der Waals surface area contributed by atoms with Crippen molar-refractivity contribution in [1.82, 2.24) is 4.98 Å². The number of aliphatic hydroxyl groups is 1. The Bertz CT molecular complexity index is 537. The second-order valence-corrected chi connectivity index (χ2v) is 4.66. The van der Waals surface area contributed by atoms with Gasteiger partial charge in [-0.1, -0.05) is 0 Å². The van der Waals surface area contributed by atoms with E-state index < -0.39 is 0 Å². The smallest absolute Gasteiger partial charge is 0.161 e. The average molecular weight is 251 g/mol. The Morgan fingerprint density at radius 1 is 1.41 bits per heavy atom. The van der Waals surface area contributed by atoms with Gasteiger partial charge >= 0.3 is 0 Å². The molecule has 0 saturated carbocycles. The number of aromatic nitrogens is 1. The number of benzene rings is 1. The van der Waals surface area contributed by atoms with Gasteiger partial charge < -0.3 is 14.9 Å². The molecule has 2 rings (SSSR count). The number of hydrogen-bond acceptors (Lipinski definition) is 5. The van der Waals surface area contributed by atoms with Crippen LogP contribution in [0.25, 0.3) is 10.6 Å². The number of aryl methyl sites for hydroxylation is 1. The van der Waals surface area contributed by atoms with E-state index in [9.17, 15) is 5.11 Å². The van der Waals surface area contributed by atoms with E-state index >= 15 is 0 Å². The summed E-state index contributed by atoms with van der Waals surface area (Å²) in [4.78, 5) is 5.23. The van der Waals surface area contributed by atoms with Crippen LogP contribution in [0.5, 0.6) is 11.5 Å². The third kappa shape index (κ3) is 2.25. The summed E-state index contributed by atoms with van der Waals surface area (Å²) in [6.07, 6.45) is 0. The molecule has 0 radical (unpaired) electrons. The maximum absolute atomic E-state index is 9.51. The standard InChI is InChI=1S/C12H13NO3S/c1-7-11(6-14)17-12(13-7)8-3-4-9(15)10(5-8)16-2/h3-5,14-15H,6H2,1-2H3. The Morgan fingerprint density at radius 3 is 2.76 bits per heavy atom. The average Bonchev–Trinajstić information content (AvgIpc) is 2.71. The number of methoxy groups -OCH3 is 1. The van der Waals surface area contributed by atoms with Crippen molar-refractivity contribution in [2.45, 2.75) is 13.5 Å². The highest BCUT2D eigenvalue weighted by molar-refractivity contribution is 7.15. The number of hydrogen-bond donors (Lipinski definition) is 2. The summed E-state index contributed by atoms with van der Waals surface area (Å²) < 4.78 is 5.05. The highest BCUT2D eigenvalue weighted by atomic mass is 32.1. The number of nitrogens with zero attached hydrogens (tertiary/aromatic N) is 1. The molecule has 0 amide bonds. The lowest BCUT2D eigenvalue weighted by molar-refractivity contribution is 0.284. The van der Waals surface area contributed by atoms with Crippen LogP contribution in [0.2, 0.25) is 0 Å². The SMILES string of the molecule is COc1cc(-c2nc(C)c(CO)s2)ccc1O. The number of rotatable bonds is 3. The van der Waals surface area contributed by atoms with Gasteiger partial charge in [0.1, 0.15) is 5.01 Å². The lowest BCUT2D eigenvalue weighted by Gasteiger charge is -2.04. The van der Waals surface area contributed by atoms with Crippen LogP contribution >= 0.6 is 11.3 Å². The van der Waals surface area contributed by atoms with Crippen LogP contribution in [-0.4, -0.2) is 22.3 Å². The van der Waals surface area contributed by atoms with Gasteiger partial charge in [0, 0.05) is 5.56 Å². The van der Waals surface area contributed by atoms with Crippen molar-refractivity contribution < 1.29 is 14.9 Å². The van der Waals surface area contributed by atoms with Crippen LogP contribution in [0.3, 0.4) is 0 Å². The number of ether oxygens (including phenoxy) is 1. The molecule has 0 bridgehead atoms. The quantitative estimate of drug-likeness (QED) is 0.878. The molecule has 0 atom stereocenters. The Hall–Kier alpha value is -1.59. The first kappa shape index (κ1) is 11.9. The van der Waals surface area contributed by atoms with E-state index in [4.69, 9.17) is 9.84 Å². The minimum atomic E-state index is -0.00127. The first-order valence-electron chi connectivity index (χ1n) is 5.10. The van der Waals surface area contributed by atoms with E-state index in [2.05, 4.69) is 4.98 Å². The second-order valence-electron chi connectivity index (χ2n) is 3.57. The summed E-state index contributed by atoms with van der Waals surface area (Å²) in [6.45, 7) is 1.86. The molecule has 0 aliphatic heterocycles. The molecule has 5 heteroatoms. The molecule has 4 nitrogen and oxygen atoms in total. The summed E-state index contributed by atoms with van der Waals surface area (Å²) in [5.41, 5.74) is 1.70. The largest absolute Gasteiger partial charge is 0.504 e. The van der Waals surface area contributed by atoms with Crippen molar-refractivity contribution in [3.05, 3.63) is 28.8 Å². The minimum absolute atomic E-state index is 0.00127. The van der Waals surface area contributed by atoms with Crippen LogP contribution in [0, 0.1) is 6.92 Å². The molecule has 1 aromatic heterocycles. The molecular formula is C12H13NO3S. The molecule has 0 fully saturated rings. The third-order valence-electron chi connectivity index (χ3n) is 2.46. The molecule has 0 aliphatic rings. The van der Waals surface area contributed by atoms with Gasteiger partial charge in [-0.25, -0.2) is 4.98 Å². The number of aromatic hydroxyl groups is 1. The van der Waals surface area contributed by atoms with Crippen molar-refractivity contribution in [3.63, 3.8) is 0 Å². The number of thiazole rings is 1. The van der Waals surface area contributed by atoms with Gasteiger partial charge in [0.05, 0.1) is 24.3 Å². The number of phenols is 1. The van der Waals surface area contributed by atoms with Gasteiger partial charge in [0.15, 0.2) is 11.5 Å². The zero-order valence-corrected chi connectivity index (χ0v) is 10.4. The van der Waals surface area contributed by atoms with Crippen LogP contribution in [0.4, 0.5) is 0 Å². The topological polar surface area (TPSA) is 62.6 Å². The normalized spacial score (nSPS) is 10.5. The summed E-state index contributed by atoms with van der Waals surface area (Å²) in [6, 6.07) is 5.08. The Morgan fingerprint density at radius 2 is 2.18 bits per heavy atom. The van der Waals surface area contributed by atoms with Gasteiger partial charge in [-0.05, 0) is 25.1 Å². The van der Waals surface area contributed by atoms with Crippen LogP contribution in [0.15, 0.2) is 18.2 Å². The summed E-state index contributed by atoms with van der Waals surface area (Å²) >= 11 is 1.44. The van der Waals surface area contributed by atoms with Crippen molar-refractivity contribution >= 4 is 11.3 Å². The summed E-state index contributed by atoms with van der Waals surface area (Å²) in [7, 11) is 1.51. The van der Waals surface area contributed by atoms with Crippen LogP contribution in [0.1, 0.15) is 10.6 Å². The molecular weight excluding hydrogens is 238 g/mol. The fourth-order valence-electron chi connectivity index (χ4n) is 1.51. The van der Waals surface area contributed by atoms with E-state index in [1.807, 2.05) is 6.92 Å². The van der Waals surface area contributed by atoms with E-state index in [1.54, 1.807) is 18.2 Å². The van der Waals surface area contributed by atoms with Crippen molar-refractivity contribution in [3.8, 4) is 22.1 Å². The third-order valence-corrected chi connectivity index (χ3v) is 3.65. The highest BCUT2D eigenvalue weighted by Crippen LogP contribution is 2.34. The van der Waals surface area contributed by atoms with Gasteiger partial charge in [-0.15, -0.1) is 11.3 Å². The van der Waals surface area contributed by atoms with Crippen molar-refractivity contribution in [1.29, 1.82) is 0 Å². The summed E-state index contributed by atoms with van der Waals surface area (Å²) in [5.74, 6) is 0.521. The molecule has 1 heterocycles. The van der Waals surface area contributed by atoms with Crippen molar-refractivity contribution in [2.24, 2.45) is 0 Å². The molecule has 2 N–H and O–H groups in total. The maximum Gasteiger partial charge on any atom is 0.161 e. The fraction of sp³-hybridized carbons (Fsp3) is 0.250. The van der Waals surface area contributed by atoms with Crippen LogP contribution in [-0.2, 0) is 6.61 Å². The Kier molecular flexibility index (Phi) is 3.31.